The second-order valence-electron chi connectivity index (χ2n) is 6.20. The van der Waals surface area contributed by atoms with Gasteiger partial charge in [0.15, 0.2) is 5.69 Å². The van der Waals surface area contributed by atoms with E-state index in [9.17, 15) is 18.0 Å². The van der Waals surface area contributed by atoms with Gasteiger partial charge in [-0.1, -0.05) is 22.9 Å². The Kier molecular flexibility index (Phi) is 5.39. The van der Waals surface area contributed by atoms with Crippen LogP contribution in [0.3, 0.4) is 0 Å². The van der Waals surface area contributed by atoms with Gasteiger partial charge in [0.05, 0.1) is 11.1 Å². The highest BCUT2D eigenvalue weighted by Crippen LogP contribution is 2.30. The van der Waals surface area contributed by atoms with Crippen LogP contribution in [0, 0.1) is 13.8 Å². The van der Waals surface area contributed by atoms with Crippen molar-refractivity contribution in [2.24, 2.45) is 0 Å². The Hall–Kier alpha value is -3.29. The maximum Gasteiger partial charge on any atom is 0.416 e. The molecule has 0 spiro atoms. The summed E-state index contributed by atoms with van der Waals surface area (Å²) in [6, 6.07) is 11.5. The van der Waals surface area contributed by atoms with Crippen molar-refractivity contribution >= 4 is 11.6 Å². The normalized spacial score (nSPS) is 11.3. The summed E-state index contributed by atoms with van der Waals surface area (Å²) in [5, 5.41) is 6.26. The molecule has 3 aromatic rings. The molecule has 0 saturated heterocycles. The van der Waals surface area contributed by atoms with Gasteiger partial charge in [0.2, 0.25) is 0 Å². The third kappa shape index (κ3) is 4.51. The van der Waals surface area contributed by atoms with Crippen LogP contribution < -0.4 is 10.1 Å². The highest BCUT2D eigenvalue weighted by molar-refractivity contribution is 6.03. The van der Waals surface area contributed by atoms with Crippen molar-refractivity contribution in [1.29, 1.82) is 0 Å². The number of anilines is 1. The number of alkyl halides is 3. The van der Waals surface area contributed by atoms with Crippen molar-refractivity contribution in [1.82, 2.24) is 5.16 Å². The summed E-state index contributed by atoms with van der Waals surface area (Å²) in [5.74, 6) is 0.448. The molecule has 5 nitrogen and oxygen atoms in total. The number of nitrogens with zero attached hydrogens (tertiary/aromatic N) is 1. The lowest BCUT2D eigenvalue weighted by Crippen LogP contribution is -2.15. The van der Waals surface area contributed by atoms with E-state index >= 15 is 0 Å². The van der Waals surface area contributed by atoms with Crippen LogP contribution in [0.2, 0.25) is 0 Å². The highest BCUT2D eigenvalue weighted by atomic mass is 19.4. The fourth-order valence-corrected chi connectivity index (χ4v) is 2.46. The Balaban J connectivity index is 1.71. The molecule has 146 valence electrons. The molecule has 0 atom stereocenters. The molecule has 0 saturated carbocycles. The first-order valence-electron chi connectivity index (χ1n) is 8.37. The zero-order valence-corrected chi connectivity index (χ0v) is 15.1. The van der Waals surface area contributed by atoms with E-state index in [1.54, 1.807) is 19.1 Å². The van der Waals surface area contributed by atoms with Gasteiger partial charge in [-0.25, -0.2) is 0 Å². The van der Waals surface area contributed by atoms with Crippen molar-refractivity contribution < 1.29 is 27.2 Å². The van der Waals surface area contributed by atoms with Gasteiger partial charge in [-0.3, -0.25) is 4.79 Å². The van der Waals surface area contributed by atoms with Crippen LogP contribution in [-0.2, 0) is 12.8 Å². The smallest absolute Gasteiger partial charge is 0.416 e. The molecular formula is C20H17F3N2O3. The van der Waals surface area contributed by atoms with Crippen LogP contribution >= 0.6 is 0 Å². The van der Waals surface area contributed by atoms with Crippen molar-refractivity contribution in [2.75, 3.05) is 5.32 Å². The molecule has 1 N–H and O–H groups in total. The number of rotatable bonds is 5. The van der Waals surface area contributed by atoms with Crippen LogP contribution in [0.15, 0.2) is 53.1 Å². The van der Waals surface area contributed by atoms with E-state index in [1.807, 2.05) is 19.1 Å². The van der Waals surface area contributed by atoms with Gasteiger partial charge in [0, 0.05) is 5.69 Å². The van der Waals surface area contributed by atoms with E-state index in [-0.39, 0.29) is 18.0 Å². The summed E-state index contributed by atoms with van der Waals surface area (Å²) in [6.07, 6.45) is -4.44. The van der Waals surface area contributed by atoms with E-state index in [1.165, 1.54) is 12.1 Å². The lowest BCUT2D eigenvalue weighted by molar-refractivity contribution is -0.137. The number of hydrogen-bond donors (Lipinski definition) is 1. The molecular weight excluding hydrogens is 373 g/mol. The Morgan fingerprint density at radius 2 is 1.71 bits per heavy atom. The standard InChI is InChI=1S/C20H17F3N2O3/c1-12-3-9-16(10-4-12)27-11-17-13(2)28-25-18(17)19(26)24-15-7-5-14(6-8-15)20(21,22)23/h3-10H,11H2,1-2H3,(H,24,26). The van der Waals surface area contributed by atoms with Gasteiger partial charge in [0.1, 0.15) is 18.1 Å². The number of aromatic nitrogens is 1. The number of carbonyl (C=O) groups excluding carboxylic acids is 1. The van der Waals surface area contributed by atoms with Crippen molar-refractivity contribution in [2.45, 2.75) is 26.6 Å². The van der Waals surface area contributed by atoms with E-state index in [0.717, 1.165) is 17.7 Å². The Morgan fingerprint density at radius 1 is 1.07 bits per heavy atom. The Morgan fingerprint density at radius 3 is 2.32 bits per heavy atom. The van der Waals surface area contributed by atoms with E-state index in [2.05, 4.69) is 10.5 Å². The lowest BCUT2D eigenvalue weighted by atomic mass is 10.1. The Labute approximate surface area is 159 Å². The first kappa shape index (κ1) is 19.5. The predicted molar refractivity (Wildman–Crippen MR) is 96.1 cm³/mol. The summed E-state index contributed by atoms with van der Waals surface area (Å²) in [4.78, 5) is 12.5. The first-order chi connectivity index (χ1) is 13.2. The molecule has 0 unspecified atom stereocenters. The molecule has 3 rings (SSSR count). The number of halogens is 3. The minimum atomic E-state index is -4.44. The minimum Gasteiger partial charge on any atom is -0.489 e. The minimum absolute atomic E-state index is 0.0181. The summed E-state index contributed by atoms with van der Waals surface area (Å²) >= 11 is 0. The highest BCUT2D eigenvalue weighted by Gasteiger charge is 2.30. The zero-order valence-electron chi connectivity index (χ0n) is 15.1. The van der Waals surface area contributed by atoms with E-state index in [0.29, 0.717) is 17.1 Å². The topological polar surface area (TPSA) is 64.4 Å². The summed E-state index contributed by atoms with van der Waals surface area (Å²) in [5.41, 5.74) is 0.985. The third-order valence-corrected chi connectivity index (χ3v) is 4.07. The quantitative estimate of drug-likeness (QED) is 0.655. The number of hydrogen-bond acceptors (Lipinski definition) is 4. The molecule has 1 amide bonds. The molecule has 0 bridgehead atoms. The molecule has 0 aliphatic rings. The van der Waals surface area contributed by atoms with Crippen LogP contribution in [-0.4, -0.2) is 11.1 Å². The molecule has 0 radical (unpaired) electrons. The third-order valence-electron chi connectivity index (χ3n) is 4.07. The molecule has 0 aliphatic carbocycles. The maximum atomic E-state index is 12.6. The monoisotopic (exact) mass is 390 g/mol. The number of benzene rings is 2. The van der Waals surface area contributed by atoms with Crippen LogP contribution in [0.25, 0.3) is 0 Å². The SMILES string of the molecule is Cc1ccc(OCc2c(C(=O)Nc3ccc(C(F)(F)F)cc3)noc2C)cc1. The Bertz CT molecular complexity index is 962. The average Bonchev–Trinajstić information content (AvgIpc) is 3.02. The van der Waals surface area contributed by atoms with Crippen molar-refractivity contribution in [3.63, 3.8) is 0 Å². The second-order valence-corrected chi connectivity index (χ2v) is 6.20. The number of amides is 1. The van der Waals surface area contributed by atoms with Gasteiger partial charge in [-0.15, -0.1) is 0 Å². The average molecular weight is 390 g/mol. The first-order valence-corrected chi connectivity index (χ1v) is 8.37. The molecule has 28 heavy (non-hydrogen) atoms. The maximum absolute atomic E-state index is 12.6. The summed E-state index contributed by atoms with van der Waals surface area (Å²) in [6.45, 7) is 3.67. The predicted octanol–water partition coefficient (Wildman–Crippen LogP) is 5.14. The van der Waals surface area contributed by atoms with Crippen LogP contribution in [0.4, 0.5) is 18.9 Å². The molecule has 1 aromatic heterocycles. The number of aryl methyl sites for hydroxylation is 2. The van der Waals surface area contributed by atoms with Crippen molar-refractivity contribution in [3.8, 4) is 5.75 Å². The van der Waals surface area contributed by atoms with Gasteiger partial charge >= 0.3 is 6.18 Å². The van der Waals surface area contributed by atoms with Gasteiger partial charge in [-0.05, 0) is 50.2 Å². The zero-order chi connectivity index (χ0) is 20.3. The van der Waals surface area contributed by atoms with Gasteiger partial charge in [-0.2, -0.15) is 13.2 Å². The van der Waals surface area contributed by atoms with Crippen LogP contribution in [0.5, 0.6) is 5.75 Å². The molecule has 0 fully saturated rings. The van der Waals surface area contributed by atoms with Crippen molar-refractivity contribution in [3.05, 3.63) is 76.7 Å². The van der Waals surface area contributed by atoms with E-state index in [4.69, 9.17) is 9.26 Å². The fraction of sp³-hybridized carbons (Fsp3) is 0.200. The van der Waals surface area contributed by atoms with Gasteiger partial charge in [0.25, 0.3) is 5.91 Å². The van der Waals surface area contributed by atoms with Gasteiger partial charge < -0.3 is 14.6 Å². The largest absolute Gasteiger partial charge is 0.489 e. The molecule has 8 heteroatoms. The molecule has 1 heterocycles. The fourth-order valence-electron chi connectivity index (χ4n) is 2.46. The second kappa shape index (κ2) is 7.75. The van der Waals surface area contributed by atoms with E-state index < -0.39 is 17.6 Å². The lowest BCUT2D eigenvalue weighted by Gasteiger charge is -2.09. The van der Waals surface area contributed by atoms with Crippen LogP contribution in [0.1, 0.15) is 32.9 Å². The summed E-state index contributed by atoms with van der Waals surface area (Å²) < 4.78 is 48.6. The number of carbonyl (C=O) groups is 1. The molecule has 0 aliphatic heterocycles. The number of ether oxygens (including phenoxy) is 1. The molecule has 2 aromatic carbocycles. The number of nitrogens with one attached hydrogen (secondary N) is 1. The summed E-state index contributed by atoms with van der Waals surface area (Å²) in [7, 11) is 0.